The number of hydrogen-bond acceptors (Lipinski definition) is 3. The zero-order valence-corrected chi connectivity index (χ0v) is 11.0. The van der Waals surface area contributed by atoms with Gasteiger partial charge in [-0.2, -0.15) is 0 Å². The smallest absolute Gasteiger partial charge is 0.338 e. The first-order valence-electron chi connectivity index (χ1n) is 5.98. The minimum absolute atomic E-state index is 0.364. The lowest BCUT2D eigenvalue weighted by molar-refractivity contribution is -0.137. The molecule has 0 N–H and O–H groups in total. The summed E-state index contributed by atoms with van der Waals surface area (Å²) in [6.45, 7) is 4.17. The summed E-state index contributed by atoms with van der Waals surface area (Å²) in [5.74, 6) is 0.445. The van der Waals surface area contributed by atoms with Crippen molar-refractivity contribution in [3.63, 3.8) is 0 Å². The molecule has 18 heavy (non-hydrogen) atoms. The Labute approximate surface area is 108 Å². The molecule has 0 atom stereocenters. The lowest BCUT2D eigenvalue weighted by atomic mass is 10.0. The van der Waals surface area contributed by atoms with Crippen LogP contribution in [0.3, 0.4) is 0 Å². The summed E-state index contributed by atoms with van der Waals surface area (Å²) in [5, 5.41) is 0. The maximum Gasteiger partial charge on any atom is 0.338 e. The van der Waals surface area contributed by atoms with Gasteiger partial charge in [-0.1, -0.05) is 19.1 Å². The Morgan fingerprint density at radius 1 is 1.28 bits per heavy atom. The van der Waals surface area contributed by atoms with Gasteiger partial charge in [-0.3, -0.25) is 0 Å². The van der Waals surface area contributed by atoms with Crippen LogP contribution in [-0.2, 0) is 9.53 Å². The van der Waals surface area contributed by atoms with E-state index in [2.05, 4.69) is 5.73 Å². The minimum atomic E-state index is -0.364. The standard InChI is InChI=1S/C15H18O3/c1-4-12(8-11-15(16)18-5-2)13-6-9-14(17-3)10-7-13/h6-7,9-11H,4-5H2,1-3H3. The van der Waals surface area contributed by atoms with E-state index in [1.807, 2.05) is 31.2 Å². The fourth-order valence-electron chi connectivity index (χ4n) is 1.51. The van der Waals surface area contributed by atoms with E-state index in [-0.39, 0.29) is 5.97 Å². The molecule has 0 saturated heterocycles. The molecule has 0 aliphatic rings. The molecular formula is C15H18O3. The molecule has 1 rings (SSSR count). The van der Waals surface area contributed by atoms with Crippen LogP contribution in [0.25, 0.3) is 5.57 Å². The quantitative estimate of drug-likeness (QED) is 0.454. The summed E-state index contributed by atoms with van der Waals surface area (Å²) in [6.07, 6.45) is 2.13. The molecule has 0 spiro atoms. The van der Waals surface area contributed by atoms with E-state index in [0.717, 1.165) is 23.3 Å². The SMILES string of the molecule is CCOC(=O)C=C=C(CC)c1ccc(OC)cc1. The van der Waals surface area contributed by atoms with Crippen molar-refractivity contribution in [3.05, 3.63) is 41.6 Å². The molecule has 1 aromatic rings. The van der Waals surface area contributed by atoms with Gasteiger partial charge in [-0.25, -0.2) is 4.79 Å². The number of benzene rings is 1. The average Bonchev–Trinajstić information content (AvgIpc) is 2.40. The number of methoxy groups -OCH3 is 1. The molecule has 0 fully saturated rings. The summed E-state index contributed by atoms with van der Waals surface area (Å²) >= 11 is 0. The number of hydrogen-bond donors (Lipinski definition) is 0. The van der Waals surface area contributed by atoms with Gasteiger partial charge in [0.2, 0.25) is 0 Å². The number of esters is 1. The Morgan fingerprint density at radius 3 is 2.44 bits per heavy atom. The summed E-state index contributed by atoms with van der Waals surface area (Å²) in [7, 11) is 1.63. The Morgan fingerprint density at radius 2 is 1.94 bits per heavy atom. The van der Waals surface area contributed by atoms with Crippen molar-refractivity contribution in [2.45, 2.75) is 20.3 Å². The van der Waals surface area contributed by atoms with E-state index in [9.17, 15) is 4.79 Å². The number of carbonyl (C=O) groups is 1. The molecule has 1 aromatic carbocycles. The fourth-order valence-corrected chi connectivity index (χ4v) is 1.51. The molecule has 0 unspecified atom stereocenters. The fraction of sp³-hybridized carbons (Fsp3) is 0.333. The molecule has 96 valence electrons. The van der Waals surface area contributed by atoms with Gasteiger partial charge in [0.1, 0.15) is 5.75 Å². The minimum Gasteiger partial charge on any atom is -0.497 e. The molecule has 0 aromatic heterocycles. The number of ether oxygens (including phenoxy) is 2. The normalized spacial score (nSPS) is 9.28. The Bertz CT molecular complexity index is 451. The van der Waals surface area contributed by atoms with Crippen LogP contribution in [0.15, 0.2) is 36.1 Å². The zero-order valence-electron chi connectivity index (χ0n) is 11.0. The van der Waals surface area contributed by atoms with Crippen LogP contribution in [0.5, 0.6) is 5.75 Å². The third kappa shape index (κ3) is 4.11. The van der Waals surface area contributed by atoms with Gasteiger partial charge in [0.25, 0.3) is 0 Å². The van der Waals surface area contributed by atoms with Gasteiger partial charge in [0.05, 0.1) is 19.8 Å². The van der Waals surface area contributed by atoms with Crippen molar-refractivity contribution >= 4 is 11.5 Å². The molecule has 0 saturated carbocycles. The van der Waals surface area contributed by atoms with E-state index in [4.69, 9.17) is 9.47 Å². The van der Waals surface area contributed by atoms with Crippen molar-refractivity contribution in [2.75, 3.05) is 13.7 Å². The van der Waals surface area contributed by atoms with Crippen molar-refractivity contribution in [1.29, 1.82) is 0 Å². The van der Waals surface area contributed by atoms with E-state index in [1.165, 1.54) is 6.08 Å². The Hall–Kier alpha value is -1.99. The van der Waals surface area contributed by atoms with Crippen LogP contribution in [0.4, 0.5) is 0 Å². The number of carbonyl (C=O) groups excluding carboxylic acids is 1. The molecule has 3 nitrogen and oxygen atoms in total. The van der Waals surface area contributed by atoms with Gasteiger partial charge < -0.3 is 9.47 Å². The summed E-state index contributed by atoms with van der Waals surface area (Å²) in [4.78, 5) is 11.2. The number of rotatable bonds is 5. The monoisotopic (exact) mass is 246 g/mol. The molecule has 3 heteroatoms. The first-order chi connectivity index (χ1) is 8.71. The predicted octanol–water partition coefficient (Wildman–Crippen LogP) is 3.21. The van der Waals surface area contributed by atoms with E-state index >= 15 is 0 Å². The third-order valence-corrected chi connectivity index (χ3v) is 2.44. The van der Waals surface area contributed by atoms with Crippen LogP contribution >= 0.6 is 0 Å². The van der Waals surface area contributed by atoms with E-state index < -0.39 is 0 Å². The second kappa shape index (κ2) is 7.36. The Kier molecular flexibility index (Phi) is 5.75. The van der Waals surface area contributed by atoms with Crippen molar-refractivity contribution in [1.82, 2.24) is 0 Å². The zero-order chi connectivity index (χ0) is 13.4. The summed E-state index contributed by atoms with van der Waals surface area (Å²) in [5.41, 5.74) is 4.97. The molecular weight excluding hydrogens is 228 g/mol. The van der Waals surface area contributed by atoms with Crippen LogP contribution in [0, 0.1) is 0 Å². The summed E-state index contributed by atoms with van der Waals surface area (Å²) in [6, 6.07) is 7.67. The molecule has 0 amide bonds. The lowest BCUT2D eigenvalue weighted by Gasteiger charge is -2.03. The predicted molar refractivity (Wildman–Crippen MR) is 71.4 cm³/mol. The molecule has 0 radical (unpaired) electrons. The van der Waals surface area contributed by atoms with Crippen molar-refractivity contribution in [3.8, 4) is 5.75 Å². The van der Waals surface area contributed by atoms with Crippen LogP contribution < -0.4 is 4.74 Å². The topological polar surface area (TPSA) is 35.5 Å². The first kappa shape index (κ1) is 14.1. The van der Waals surface area contributed by atoms with Crippen molar-refractivity contribution in [2.24, 2.45) is 0 Å². The third-order valence-electron chi connectivity index (χ3n) is 2.44. The van der Waals surface area contributed by atoms with E-state index in [1.54, 1.807) is 14.0 Å². The van der Waals surface area contributed by atoms with Crippen LogP contribution in [0.1, 0.15) is 25.8 Å². The highest BCUT2D eigenvalue weighted by atomic mass is 16.5. The van der Waals surface area contributed by atoms with Crippen molar-refractivity contribution < 1.29 is 14.3 Å². The molecule has 0 heterocycles. The first-order valence-corrected chi connectivity index (χ1v) is 5.98. The maximum atomic E-state index is 11.2. The second-order valence-electron chi connectivity index (χ2n) is 3.60. The lowest BCUT2D eigenvalue weighted by Crippen LogP contribution is -1.98. The molecule has 0 bridgehead atoms. The van der Waals surface area contributed by atoms with Crippen LogP contribution in [-0.4, -0.2) is 19.7 Å². The maximum absolute atomic E-state index is 11.2. The van der Waals surface area contributed by atoms with Gasteiger partial charge in [-0.15, -0.1) is 5.73 Å². The van der Waals surface area contributed by atoms with Crippen LogP contribution in [0.2, 0.25) is 0 Å². The van der Waals surface area contributed by atoms with Gasteiger partial charge >= 0.3 is 5.97 Å². The van der Waals surface area contributed by atoms with E-state index in [0.29, 0.717) is 6.61 Å². The molecule has 0 aliphatic carbocycles. The van der Waals surface area contributed by atoms with Gasteiger partial charge in [-0.05, 0) is 31.0 Å². The average molecular weight is 246 g/mol. The molecule has 0 aliphatic heterocycles. The highest BCUT2D eigenvalue weighted by molar-refractivity contribution is 5.83. The van der Waals surface area contributed by atoms with Gasteiger partial charge in [0.15, 0.2) is 0 Å². The highest BCUT2D eigenvalue weighted by Crippen LogP contribution is 2.20. The largest absolute Gasteiger partial charge is 0.497 e. The second-order valence-corrected chi connectivity index (χ2v) is 3.60. The Balaban J connectivity index is 2.94. The van der Waals surface area contributed by atoms with Gasteiger partial charge in [0, 0.05) is 5.57 Å². The highest BCUT2D eigenvalue weighted by Gasteiger charge is 1.99. The summed E-state index contributed by atoms with van der Waals surface area (Å²) < 4.78 is 9.92.